The maximum absolute atomic E-state index is 13.8. The molecule has 10 heterocycles. The molecule has 143 heavy (non-hydrogen) atoms. The second-order valence-corrected chi connectivity index (χ2v) is 40.1. The molecule has 0 radical (unpaired) electrons. The Morgan fingerprint density at radius 2 is 0.755 bits per heavy atom. The van der Waals surface area contributed by atoms with Crippen molar-refractivity contribution in [2.75, 3.05) is 73.2 Å². The molecular weight excluding hydrogens is 1830 g/mol. The van der Waals surface area contributed by atoms with Crippen LogP contribution in [0.3, 0.4) is 0 Å². The smallest absolute Gasteiger partial charge is 0.310 e. The van der Waals surface area contributed by atoms with E-state index in [1.807, 2.05) is 165 Å². The van der Waals surface area contributed by atoms with Crippen molar-refractivity contribution < 1.29 is 86.1 Å². The summed E-state index contributed by atoms with van der Waals surface area (Å²) in [6, 6.07) is 18.7. The van der Waals surface area contributed by atoms with Gasteiger partial charge in [0.1, 0.15) is 48.6 Å². The van der Waals surface area contributed by atoms with Crippen LogP contribution in [0.25, 0.3) is 50.5 Å². The maximum Gasteiger partial charge on any atom is 0.310 e. The number of carbonyl (C=O) groups is 13. The van der Waals surface area contributed by atoms with E-state index in [1.54, 1.807) is 60.9 Å². The van der Waals surface area contributed by atoms with Crippen molar-refractivity contribution >= 4 is 133 Å². The number of cyclic esters (lactones) is 3. The van der Waals surface area contributed by atoms with Crippen LogP contribution in [0.5, 0.6) is 0 Å². The number of oxime groups is 1. The number of hydrogen-bond acceptors (Lipinski definition) is 27. The average molecular weight is 1970 g/mol. The highest BCUT2D eigenvalue weighted by Crippen LogP contribution is 2.31. The molecule has 0 saturated carbocycles. The van der Waals surface area contributed by atoms with E-state index < -0.39 is 114 Å². The summed E-state index contributed by atoms with van der Waals surface area (Å²) in [5, 5.41) is 31.7. The van der Waals surface area contributed by atoms with E-state index in [9.17, 15) is 62.3 Å². The van der Waals surface area contributed by atoms with Gasteiger partial charge in [-0.1, -0.05) is 101 Å². The largest absolute Gasteiger partial charge is 0.452 e. The van der Waals surface area contributed by atoms with E-state index in [2.05, 4.69) is 91.1 Å². The molecule has 0 aliphatic carbocycles. The first-order chi connectivity index (χ1) is 68.2. The number of allylic oxidation sites excluding steroid dienone is 3. The summed E-state index contributed by atoms with van der Waals surface area (Å²) >= 11 is 0. The Balaban J connectivity index is 0.000000206. The first-order valence-corrected chi connectivity index (χ1v) is 50.7. The van der Waals surface area contributed by atoms with Gasteiger partial charge in [-0.05, 0) is 272 Å². The lowest BCUT2D eigenvalue weighted by Gasteiger charge is -2.35. The van der Waals surface area contributed by atoms with Crippen LogP contribution in [0, 0.1) is 35.5 Å². The Morgan fingerprint density at radius 3 is 1.08 bits per heavy atom. The summed E-state index contributed by atoms with van der Waals surface area (Å²) in [6.07, 6.45) is 20.7. The number of esters is 3. The number of benzene rings is 3. The van der Waals surface area contributed by atoms with E-state index in [4.69, 9.17) is 23.8 Å². The topological polar surface area (TPSA) is 444 Å². The number of rotatable bonds is 17. The monoisotopic (exact) mass is 1970 g/mol. The number of morpholine rings is 1. The zero-order valence-corrected chi connectivity index (χ0v) is 85.9. The number of pyridine rings is 3. The first-order valence-electron chi connectivity index (χ1n) is 50.7. The number of aromatic nitrogens is 3. The van der Waals surface area contributed by atoms with Gasteiger partial charge in [0.25, 0.3) is 35.4 Å². The van der Waals surface area contributed by atoms with Gasteiger partial charge >= 0.3 is 17.9 Å². The van der Waals surface area contributed by atoms with Gasteiger partial charge in [-0.2, -0.15) is 0 Å². The summed E-state index contributed by atoms with van der Waals surface area (Å²) in [6.45, 7) is 32.3. The van der Waals surface area contributed by atoms with Crippen LogP contribution >= 0.6 is 0 Å². The molecular formula is C107H148N18O18. The SMILES string of the molecule is C/C(CC[C@@H]1C/C=C/c2cc3cc(ccc3cn2)[C@@H](C)NC(=O)[C@@H]2CCCN(N2)C(=O)[C@H](C)NC(=O)[C@H](C(C)C)OC1=O)=N/OCCN1CCOCC1.CC(=O)CC[C@@H]1C/C=C/c2cc3cc(ccc3cn2)[C@@H](C)NC(=O)[C@@H]2CCCN(N2)C(=O)[C@H](C)NC(=O)[C@H](C(C)C)OC1=O.CC(C)[C@@H]1OC(=O)[C@H](CCC(C)N(C)C)C/C=C/c2cc3cc(ccc3cn2)[C@@H](C)NC(=O)[C@@H]2CCCN(N2)C(=O)[C@H](C)NC1=O. The van der Waals surface area contributed by atoms with E-state index >= 15 is 0 Å². The predicted molar refractivity (Wildman–Crippen MR) is 545 cm³/mol. The van der Waals surface area contributed by atoms with Crippen LogP contribution in [-0.4, -0.2) is 256 Å². The molecule has 15 bridgehead atoms. The lowest BCUT2D eigenvalue weighted by atomic mass is 9.96. The molecule has 13 rings (SSSR count). The minimum Gasteiger partial charge on any atom is -0.452 e. The van der Waals surface area contributed by atoms with Crippen molar-refractivity contribution in [3.8, 4) is 0 Å². The molecule has 9 amide bonds. The number of ether oxygens (including phenoxy) is 4. The van der Waals surface area contributed by atoms with E-state index in [1.165, 1.54) is 22.0 Å². The Hall–Kier alpha value is -12.4. The van der Waals surface area contributed by atoms with E-state index in [0.29, 0.717) is 103 Å². The molecule has 36 nitrogen and oxygen atoms in total. The molecule has 3 aromatic carbocycles. The fourth-order valence-electron chi connectivity index (χ4n) is 17.8. The molecule has 774 valence electrons. The highest BCUT2D eigenvalue weighted by Gasteiger charge is 2.41. The second-order valence-electron chi connectivity index (χ2n) is 40.1. The fraction of sp³-hybridized carbons (Fsp3) is 0.561. The number of amides is 9. The number of fused-ring (bicyclic) bond motifs is 12. The summed E-state index contributed by atoms with van der Waals surface area (Å²) in [7, 11) is 4.01. The zero-order chi connectivity index (χ0) is 103. The number of hydrazine groups is 3. The van der Waals surface area contributed by atoms with Crippen molar-refractivity contribution in [3.05, 3.63) is 143 Å². The zero-order valence-electron chi connectivity index (χ0n) is 85.9. The van der Waals surface area contributed by atoms with E-state index in [-0.39, 0.29) is 96.5 Å². The van der Waals surface area contributed by atoms with Crippen molar-refractivity contribution in [1.29, 1.82) is 0 Å². The lowest BCUT2D eigenvalue weighted by molar-refractivity contribution is -0.163. The molecule has 7 aliphatic heterocycles. The van der Waals surface area contributed by atoms with Gasteiger partial charge in [0.15, 0.2) is 18.3 Å². The highest BCUT2D eigenvalue weighted by atomic mass is 16.6. The standard InChI is InChI=1S/C39H55N7O7.C35H50N6O5.C33H43N5O6/c1-25(2)35-37(48)42-28(5)38(49)46-15-7-10-34(43-46)36(47)41-27(4)30-13-14-31-24-40-33(23-32(31)22-30)9-6-8-29(39(50)53-35)12-11-26(3)44-52-21-18-45-16-19-51-20-17-45;1-21(2)31-33(43)38-24(5)34(44)41-17-9-12-30(39-41)32(42)37-23(4)26-15-16-27-20-36-29(19-28(27)18-26)11-8-10-25(35(45)46-31)14-13-22(3)40(6)7;1-19(2)29-31(41)36-22(5)32(42)38-15-7-10-28(37-38)30(40)35-21(4)24-13-14-25-18-34-27(17-26(25)16-24)9-6-8-23(33(43)44-29)12-11-20(3)39/h6,9,13-14,22-25,27-29,34-35,43H,7-8,10-12,15-21H2,1-5H3,(H,41,47)(H,42,48);8,11,15-16,18-25,30-31,39H,9-10,12-14,17H2,1-7H3,(H,37,42)(H,38,43);6,9,13-14,16-19,21-23,28-29,37H,7-8,10-12,15H2,1-5H3,(H,35,40)(H,36,41)/b9-6+,44-26-;11-8+;9-6+/t27-,28+,29+,34+,35+;22?,23-,24+,25+,30+,31+;21-,22+,23+,28+,29+/m111/s1. The van der Waals surface area contributed by atoms with Gasteiger partial charge < -0.3 is 65.4 Å². The average Bonchev–Trinajstić information content (AvgIpc) is 0.812. The third-order valence-electron chi connectivity index (χ3n) is 27.2. The van der Waals surface area contributed by atoms with Crippen LogP contribution in [0.4, 0.5) is 0 Å². The maximum atomic E-state index is 13.8. The number of Topliss-reactive ketones (excluding diaryl/α,β-unsaturated/α-hetero) is 1. The van der Waals surface area contributed by atoms with Crippen LogP contribution in [0.15, 0.2) is 115 Å². The molecule has 4 fully saturated rings. The Labute approximate surface area is 839 Å². The third-order valence-corrected chi connectivity index (χ3v) is 27.2. The van der Waals surface area contributed by atoms with Gasteiger partial charge in [0, 0.05) is 86.5 Å². The molecule has 0 spiro atoms. The van der Waals surface area contributed by atoms with Crippen molar-refractivity contribution in [2.45, 2.75) is 279 Å². The van der Waals surface area contributed by atoms with Crippen molar-refractivity contribution in [3.63, 3.8) is 0 Å². The number of ketones is 1. The molecule has 1 unspecified atom stereocenters. The number of hydrogen-bond donors (Lipinski definition) is 9. The minimum absolute atomic E-state index is 0.0450. The summed E-state index contributed by atoms with van der Waals surface area (Å²) < 4.78 is 22.9. The first kappa shape index (κ1) is 111. The van der Waals surface area contributed by atoms with Crippen LogP contribution in [0.1, 0.15) is 252 Å². The molecule has 16 atom stereocenters. The van der Waals surface area contributed by atoms with Gasteiger partial charge in [0.2, 0.25) is 17.7 Å². The number of nitrogens with one attached hydrogen (secondary N) is 9. The lowest BCUT2D eigenvalue weighted by Crippen LogP contribution is -2.61. The molecule has 3 aromatic heterocycles. The molecule has 7 aliphatic rings. The number of nitrogens with zero attached hydrogens (tertiary/aromatic N) is 9. The van der Waals surface area contributed by atoms with Crippen molar-refractivity contribution in [2.24, 2.45) is 40.7 Å². The Morgan fingerprint density at radius 1 is 0.427 bits per heavy atom. The van der Waals surface area contributed by atoms with Gasteiger partial charge in [-0.3, -0.25) is 92.4 Å². The Bertz CT molecular complexity index is 5600. The second kappa shape index (κ2) is 53.3. The fourth-order valence-corrected chi connectivity index (χ4v) is 17.8. The van der Waals surface area contributed by atoms with Gasteiger partial charge in [-0.15, -0.1) is 0 Å². The van der Waals surface area contributed by atoms with Gasteiger partial charge in [-0.25, -0.2) is 16.3 Å². The third kappa shape index (κ3) is 32.3. The normalized spacial score (nSPS) is 26.6. The summed E-state index contributed by atoms with van der Waals surface area (Å²) in [5.41, 5.74) is 14.9. The molecule has 36 heteroatoms. The molecule has 9 N–H and O–H groups in total. The van der Waals surface area contributed by atoms with Crippen LogP contribution < -0.4 is 48.2 Å². The Kier molecular flexibility index (Phi) is 41.4. The summed E-state index contributed by atoms with van der Waals surface area (Å²) in [4.78, 5) is 196. The van der Waals surface area contributed by atoms with Gasteiger partial charge in [0.05, 0.1) is 71.9 Å². The van der Waals surface area contributed by atoms with Crippen LogP contribution in [-0.2, 0) is 86.1 Å². The highest BCUT2D eigenvalue weighted by molar-refractivity contribution is 5.95. The quantitative estimate of drug-likeness (QED) is 0.0135. The predicted octanol–water partition coefficient (Wildman–Crippen LogP) is 10.6. The summed E-state index contributed by atoms with van der Waals surface area (Å²) in [5.74, 6) is -7.79. The van der Waals surface area contributed by atoms with E-state index in [0.717, 1.165) is 105 Å². The molecule has 4 saturated heterocycles. The molecule has 6 aromatic rings. The van der Waals surface area contributed by atoms with Crippen molar-refractivity contribution in [1.82, 2.24) is 88.0 Å². The minimum atomic E-state index is -1.13. The number of carbonyl (C=O) groups excluding carboxylic acids is 13. The van der Waals surface area contributed by atoms with Crippen LogP contribution in [0.2, 0.25) is 0 Å².